The van der Waals surface area contributed by atoms with E-state index in [1.165, 1.54) is 5.56 Å². The van der Waals surface area contributed by atoms with Crippen molar-refractivity contribution >= 4 is 0 Å². The van der Waals surface area contributed by atoms with Gasteiger partial charge in [0, 0.05) is 0 Å². The summed E-state index contributed by atoms with van der Waals surface area (Å²) >= 11 is 0. The molecular formula is C17H21NO. The Morgan fingerprint density at radius 2 is 1.53 bits per heavy atom. The molecule has 2 aromatic carbocycles. The molecule has 2 atom stereocenters. The normalized spacial score (nSPS) is 14.0. The van der Waals surface area contributed by atoms with Crippen LogP contribution < -0.4 is 5.73 Å². The standard InChI is InChI=1S/C17H21NO/c1-2-16(17(18)15-11-7-4-8-12-15)19-13-14-9-5-3-6-10-14/h3-12,16-17H,2,13,18H2,1H3. The van der Waals surface area contributed by atoms with E-state index in [0.717, 1.165) is 12.0 Å². The summed E-state index contributed by atoms with van der Waals surface area (Å²) in [5.74, 6) is 0. The monoisotopic (exact) mass is 255 g/mol. The van der Waals surface area contributed by atoms with E-state index in [-0.39, 0.29) is 12.1 Å². The summed E-state index contributed by atoms with van der Waals surface area (Å²) in [5, 5.41) is 0. The number of nitrogens with two attached hydrogens (primary N) is 1. The molecule has 0 bridgehead atoms. The van der Waals surface area contributed by atoms with Crippen LogP contribution in [0.25, 0.3) is 0 Å². The molecule has 0 saturated carbocycles. The maximum atomic E-state index is 6.29. The van der Waals surface area contributed by atoms with Gasteiger partial charge in [-0.05, 0) is 17.5 Å². The molecule has 0 spiro atoms. The molecule has 2 N–H and O–H groups in total. The van der Waals surface area contributed by atoms with E-state index in [9.17, 15) is 0 Å². The predicted molar refractivity (Wildman–Crippen MR) is 78.7 cm³/mol. The summed E-state index contributed by atoms with van der Waals surface area (Å²) in [6, 6.07) is 20.3. The quantitative estimate of drug-likeness (QED) is 0.854. The average molecular weight is 255 g/mol. The van der Waals surface area contributed by atoms with E-state index in [4.69, 9.17) is 10.5 Å². The van der Waals surface area contributed by atoms with Crippen LogP contribution in [0.15, 0.2) is 60.7 Å². The predicted octanol–water partition coefficient (Wildman–Crippen LogP) is 3.68. The van der Waals surface area contributed by atoms with E-state index >= 15 is 0 Å². The highest BCUT2D eigenvalue weighted by Gasteiger charge is 2.18. The van der Waals surface area contributed by atoms with Gasteiger partial charge in [-0.3, -0.25) is 0 Å². The van der Waals surface area contributed by atoms with Gasteiger partial charge in [0.15, 0.2) is 0 Å². The maximum Gasteiger partial charge on any atom is 0.0769 e. The Labute approximate surface area is 115 Å². The van der Waals surface area contributed by atoms with Crippen LogP contribution in [0.2, 0.25) is 0 Å². The van der Waals surface area contributed by atoms with Crippen molar-refractivity contribution in [2.75, 3.05) is 0 Å². The number of hydrogen-bond acceptors (Lipinski definition) is 2. The first-order valence-corrected chi connectivity index (χ1v) is 6.77. The fourth-order valence-corrected chi connectivity index (χ4v) is 2.14. The Bertz CT molecular complexity index is 469. The summed E-state index contributed by atoms with van der Waals surface area (Å²) < 4.78 is 5.97. The molecule has 0 aliphatic carbocycles. The van der Waals surface area contributed by atoms with Crippen LogP contribution in [-0.2, 0) is 11.3 Å². The molecule has 2 rings (SSSR count). The second-order valence-electron chi connectivity index (χ2n) is 4.68. The minimum absolute atomic E-state index is 0.0441. The van der Waals surface area contributed by atoms with Gasteiger partial charge in [0.1, 0.15) is 0 Å². The lowest BCUT2D eigenvalue weighted by atomic mass is 10.0. The molecule has 2 aromatic rings. The number of rotatable bonds is 6. The van der Waals surface area contributed by atoms with Crippen LogP contribution in [0.4, 0.5) is 0 Å². The summed E-state index contributed by atoms with van der Waals surface area (Å²) in [5.41, 5.74) is 8.60. The Morgan fingerprint density at radius 1 is 0.947 bits per heavy atom. The van der Waals surface area contributed by atoms with Gasteiger partial charge in [0.05, 0.1) is 18.8 Å². The fraction of sp³-hybridized carbons (Fsp3) is 0.294. The lowest BCUT2D eigenvalue weighted by Crippen LogP contribution is -2.28. The van der Waals surface area contributed by atoms with Crippen molar-refractivity contribution < 1.29 is 4.74 Å². The van der Waals surface area contributed by atoms with Crippen molar-refractivity contribution in [1.82, 2.24) is 0 Å². The first-order valence-electron chi connectivity index (χ1n) is 6.77. The van der Waals surface area contributed by atoms with Crippen LogP contribution in [0.5, 0.6) is 0 Å². The summed E-state index contributed by atoms with van der Waals surface area (Å²) in [7, 11) is 0. The highest BCUT2D eigenvalue weighted by Crippen LogP contribution is 2.20. The van der Waals surface area contributed by atoms with Crippen LogP contribution in [0, 0.1) is 0 Å². The van der Waals surface area contributed by atoms with Gasteiger partial charge < -0.3 is 10.5 Å². The number of hydrogen-bond donors (Lipinski definition) is 1. The SMILES string of the molecule is CCC(OCc1ccccc1)C(N)c1ccccc1. The van der Waals surface area contributed by atoms with E-state index in [2.05, 4.69) is 31.2 Å². The molecule has 0 radical (unpaired) electrons. The van der Waals surface area contributed by atoms with E-state index in [1.54, 1.807) is 0 Å². The van der Waals surface area contributed by atoms with Gasteiger partial charge in [-0.1, -0.05) is 67.6 Å². The van der Waals surface area contributed by atoms with Crippen LogP contribution in [0.3, 0.4) is 0 Å². The minimum atomic E-state index is -0.0742. The molecule has 2 unspecified atom stereocenters. The fourth-order valence-electron chi connectivity index (χ4n) is 2.14. The van der Waals surface area contributed by atoms with Gasteiger partial charge in [-0.15, -0.1) is 0 Å². The molecule has 0 aliphatic heterocycles. The molecular weight excluding hydrogens is 234 g/mol. The Hall–Kier alpha value is -1.64. The molecule has 2 heteroatoms. The summed E-state index contributed by atoms with van der Waals surface area (Å²) in [6.45, 7) is 2.72. The topological polar surface area (TPSA) is 35.2 Å². The number of benzene rings is 2. The van der Waals surface area contributed by atoms with Gasteiger partial charge in [-0.2, -0.15) is 0 Å². The molecule has 100 valence electrons. The van der Waals surface area contributed by atoms with Gasteiger partial charge in [0.2, 0.25) is 0 Å². The highest BCUT2D eigenvalue weighted by atomic mass is 16.5. The Morgan fingerprint density at radius 3 is 2.11 bits per heavy atom. The minimum Gasteiger partial charge on any atom is -0.372 e. The second kappa shape index (κ2) is 7.07. The average Bonchev–Trinajstić information content (AvgIpc) is 2.49. The molecule has 0 saturated heterocycles. The first kappa shape index (κ1) is 13.8. The zero-order chi connectivity index (χ0) is 13.5. The molecule has 0 aliphatic rings. The van der Waals surface area contributed by atoms with Crippen molar-refractivity contribution in [3.63, 3.8) is 0 Å². The van der Waals surface area contributed by atoms with Crippen LogP contribution >= 0.6 is 0 Å². The molecule has 19 heavy (non-hydrogen) atoms. The largest absolute Gasteiger partial charge is 0.372 e. The maximum absolute atomic E-state index is 6.29. The lowest BCUT2D eigenvalue weighted by Gasteiger charge is -2.23. The smallest absolute Gasteiger partial charge is 0.0769 e. The Balaban J connectivity index is 1.97. The van der Waals surface area contributed by atoms with Crippen LogP contribution in [-0.4, -0.2) is 6.10 Å². The third kappa shape index (κ3) is 3.91. The van der Waals surface area contributed by atoms with E-state index in [1.807, 2.05) is 36.4 Å². The second-order valence-corrected chi connectivity index (χ2v) is 4.68. The molecule has 0 amide bonds. The zero-order valence-electron chi connectivity index (χ0n) is 11.3. The molecule has 0 aromatic heterocycles. The molecule has 2 nitrogen and oxygen atoms in total. The summed E-state index contributed by atoms with van der Waals surface area (Å²) in [4.78, 5) is 0. The van der Waals surface area contributed by atoms with E-state index in [0.29, 0.717) is 6.61 Å². The highest BCUT2D eigenvalue weighted by molar-refractivity contribution is 5.19. The van der Waals surface area contributed by atoms with E-state index < -0.39 is 0 Å². The first-order chi connectivity index (χ1) is 9.31. The third-order valence-corrected chi connectivity index (χ3v) is 3.29. The molecule has 0 fully saturated rings. The van der Waals surface area contributed by atoms with Gasteiger partial charge >= 0.3 is 0 Å². The molecule has 0 heterocycles. The third-order valence-electron chi connectivity index (χ3n) is 3.29. The van der Waals surface area contributed by atoms with Crippen molar-refractivity contribution in [1.29, 1.82) is 0 Å². The van der Waals surface area contributed by atoms with Crippen LogP contribution in [0.1, 0.15) is 30.5 Å². The Kier molecular flexibility index (Phi) is 5.13. The van der Waals surface area contributed by atoms with Crippen molar-refractivity contribution in [2.45, 2.75) is 32.1 Å². The van der Waals surface area contributed by atoms with Crippen molar-refractivity contribution in [3.8, 4) is 0 Å². The lowest BCUT2D eigenvalue weighted by molar-refractivity contribution is 0.0206. The van der Waals surface area contributed by atoms with Crippen molar-refractivity contribution in [3.05, 3.63) is 71.8 Å². The zero-order valence-corrected chi connectivity index (χ0v) is 11.3. The van der Waals surface area contributed by atoms with Gasteiger partial charge in [-0.25, -0.2) is 0 Å². The number of ether oxygens (including phenoxy) is 1. The van der Waals surface area contributed by atoms with Gasteiger partial charge in [0.25, 0.3) is 0 Å². The van der Waals surface area contributed by atoms with Crippen molar-refractivity contribution in [2.24, 2.45) is 5.73 Å². The summed E-state index contributed by atoms with van der Waals surface area (Å²) in [6.07, 6.45) is 0.950.